The summed E-state index contributed by atoms with van der Waals surface area (Å²) < 4.78 is 0. The van der Waals surface area contributed by atoms with Crippen molar-refractivity contribution in [1.82, 2.24) is 9.97 Å². The lowest BCUT2D eigenvalue weighted by Gasteiger charge is -2.15. The molecular formula is C15H20N2OS2. The number of thioether (sulfide) groups is 1. The zero-order valence-electron chi connectivity index (χ0n) is 12.2. The number of thiophene rings is 1. The summed E-state index contributed by atoms with van der Waals surface area (Å²) in [5.41, 5.74) is 1.09. The number of rotatable bonds is 3. The molecule has 0 aliphatic heterocycles. The number of H-pyrrole nitrogens is 1. The first-order valence-corrected chi connectivity index (χ1v) is 8.97. The standard InChI is InChI=1S/C15H20N2OS2/c1-8-9(2)20-15-12(8)14(18)16-13(17-15)10(3)19-11-6-4-5-7-11/h10-11H,4-7H2,1-3H3,(H,16,17,18)/t10-/m1/s1. The van der Waals surface area contributed by atoms with Gasteiger partial charge in [-0.3, -0.25) is 4.79 Å². The smallest absolute Gasteiger partial charge is 0.259 e. The van der Waals surface area contributed by atoms with Gasteiger partial charge in [0.05, 0.1) is 10.6 Å². The highest BCUT2D eigenvalue weighted by Crippen LogP contribution is 2.38. The molecule has 1 aliphatic rings. The largest absolute Gasteiger partial charge is 0.309 e. The van der Waals surface area contributed by atoms with E-state index in [2.05, 4.69) is 18.8 Å². The number of nitrogens with one attached hydrogen (secondary N) is 1. The molecule has 0 amide bonds. The molecule has 3 nitrogen and oxygen atoms in total. The second-order valence-corrected chi connectivity index (χ2v) is 8.45. The number of fused-ring (bicyclic) bond motifs is 1. The number of hydrogen-bond acceptors (Lipinski definition) is 4. The first-order valence-electron chi connectivity index (χ1n) is 7.21. The zero-order chi connectivity index (χ0) is 14.3. The Morgan fingerprint density at radius 1 is 1.35 bits per heavy atom. The minimum absolute atomic E-state index is 0.0192. The Balaban J connectivity index is 1.93. The van der Waals surface area contributed by atoms with Crippen LogP contribution in [0.3, 0.4) is 0 Å². The average molecular weight is 308 g/mol. The highest BCUT2D eigenvalue weighted by atomic mass is 32.2. The maximum absolute atomic E-state index is 12.3. The monoisotopic (exact) mass is 308 g/mol. The molecule has 1 saturated carbocycles. The van der Waals surface area contributed by atoms with E-state index in [1.54, 1.807) is 11.3 Å². The van der Waals surface area contributed by atoms with Crippen molar-refractivity contribution in [2.24, 2.45) is 0 Å². The molecule has 3 rings (SSSR count). The fraction of sp³-hybridized carbons (Fsp3) is 0.600. The summed E-state index contributed by atoms with van der Waals surface area (Å²) in [6, 6.07) is 0. The van der Waals surface area contributed by atoms with E-state index in [0.717, 1.165) is 26.9 Å². The van der Waals surface area contributed by atoms with Gasteiger partial charge in [-0.25, -0.2) is 4.98 Å². The molecule has 0 radical (unpaired) electrons. The molecule has 0 spiro atoms. The van der Waals surface area contributed by atoms with Crippen LogP contribution in [-0.2, 0) is 0 Å². The van der Waals surface area contributed by atoms with E-state index in [0.29, 0.717) is 0 Å². The summed E-state index contributed by atoms with van der Waals surface area (Å²) in [6.45, 7) is 6.21. The van der Waals surface area contributed by atoms with Crippen LogP contribution in [0.25, 0.3) is 10.2 Å². The van der Waals surface area contributed by atoms with Crippen LogP contribution in [0.4, 0.5) is 0 Å². The third-order valence-corrected chi connectivity index (χ3v) is 6.73. The zero-order valence-corrected chi connectivity index (χ0v) is 13.8. The van der Waals surface area contributed by atoms with E-state index >= 15 is 0 Å². The minimum Gasteiger partial charge on any atom is -0.309 e. The lowest BCUT2D eigenvalue weighted by Crippen LogP contribution is -2.13. The van der Waals surface area contributed by atoms with Crippen molar-refractivity contribution >= 4 is 33.3 Å². The van der Waals surface area contributed by atoms with Crippen LogP contribution in [0.15, 0.2) is 4.79 Å². The number of aromatic amines is 1. The van der Waals surface area contributed by atoms with Gasteiger partial charge in [-0.15, -0.1) is 23.1 Å². The van der Waals surface area contributed by atoms with Crippen LogP contribution in [0.2, 0.25) is 0 Å². The summed E-state index contributed by atoms with van der Waals surface area (Å²) in [4.78, 5) is 22.0. The Hall–Kier alpha value is -0.810. The summed E-state index contributed by atoms with van der Waals surface area (Å²) in [7, 11) is 0. The molecule has 2 aromatic heterocycles. The van der Waals surface area contributed by atoms with E-state index in [4.69, 9.17) is 4.98 Å². The van der Waals surface area contributed by atoms with E-state index in [1.807, 2.05) is 18.7 Å². The van der Waals surface area contributed by atoms with Gasteiger partial charge in [-0.2, -0.15) is 0 Å². The Labute approximate surface area is 127 Å². The van der Waals surface area contributed by atoms with Crippen LogP contribution in [0, 0.1) is 13.8 Å². The molecule has 5 heteroatoms. The molecule has 2 heterocycles. The highest BCUT2D eigenvalue weighted by Gasteiger charge is 2.21. The maximum Gasteiger partial charge on any atom is 0.259 e. The molecule has 1 aliphatic carbocycles. The molecule has 0 saturated heterocycles. The molecule has 0 unspecified atom stereocenters. The Morgan fingerprint density at radius 3 is 2.75 bits per heavy atom. The van der Waals surface area contributed by atoms with Crippen LogP contribution >= 0.6 is 23.1 Å². The van der Waals surface area contributed by atoms with E-state index in [-0.39, 0.29) is 10.8 Å². The summed E-state index contributed by atoms with van der Waals surface area (Å²) in [6.07, 6.45) is 5.30. The van der Waals surface area contributed by atoms with Gasteiger partial charge in [-0.1, -0.05) is 12.8 Å². The van der Waals surface area contributed by atoms with Gasteiger partial charge in [0.15, 0.2) is 0 Å². The highest BCUT2D eigenvalue weighted by molar-refractivity contribution is 8.00. The normalized spacial score (nSPS) is 17.9. The number of hydrogen-bond donors (Lipinski definition) is 1. The predicted octanol–water partition coefficient (Wildman–Crippen LogP) is 4.34. The van der Waals surface area contributed by atoms with Crippen molar-refractivity contribution in [3.63, 3.8) is 0 Å². The third-order valence-electron chi connectivity index (χ3n) is 4.14. The fourth-order valence-corrected chi connectivity index (χ4v) is 5.30. The van der Waals surface area contributed by atoms with Crippen LogP contribution in [-0.4, -0.2) is 15.2 Å². The van der Waals surface area contributed by atoms with E-state index in [9.17, 15) is 4.79 Å². The molecule has 0 aromatic carbocycles. The number of aromatic nitrogens is 2. The van der Waals surface area contributed by atoms with Crippen molar-refractivity contribution in [2.45, 2.75) is 57.0 Å². The van der Waals surface area contributed by atoms with Gasteiger partial charge >= 0.3 is 0 Å². The van der Waals surface area contributed by atoms with Crippen LogP contribution in [0.1, 0.15) is 54.1 Å². The van der Waals surface area contributed by atoms with Crippen molar-refractivity contribution in [3.05, 3.63) is 26.6 Å². The lowest BCUT2D eigenvalue weighted by molar-refractivity contribution is 0.871. The van der Waals surface area contributed by atoms with Gasteiger partial charge in [-0.05, 0) is 39.2 Å². The average Bonchev–Trinajstić information content (AvgIpc) is 2.99. The molecule has 20 heavy (non-hydrogen) atoms. The van der Waals surface area contributed by atoms with Gasteiger partial charge < -0.3 is 4.98 Å². The van der Waals surface area contributed by atoms with Gasteiger partial charge in [0.1, 0.15) is 10.7 Å². The molecule has 1 N–H and O–H groups in total. The van der Waals surface area contributed by atoms with Crippen molar-refractivity contribution < 1.29 is 0 Å². The second kappa shape index (κ2) is 5.53. The summed E-state index contributed by atoms with van der Waals surface area (Å²) in [5.74, 6) is 0.834. The molecule has 108 valence electrons. The number of aryl methyl sites for hydroxylation is 2. The fourth-order valence-electron chi connectivity index (χ4n) is 2.84. The number of nitrogens with zero attached hydrogens (tertiary/aromatic N) is 1. The van der Waals surface area contributed by atoms with Gasteiger partial charge in [0, 0.05) is 10.1 Å². The SMILES string of the molecule is Cc1sc2nc([C@@H](C)SC3CCCC3)[nH]c(=O)c2c1C. The Kier molecular flexibility index (Phi) is 3.91. The minimum atomic E-state index is 0.0192. The van der Waals surface area contributed by atoms with Crippen molar-refractivity contribution in [3.8, 4) is 0 Å². The first kappa shape index (κ1) is 14.1. The molecule has 2 aromatic rings. The van der Waals surface area contributed by atoms with Crippen molar-refractivity contribution in [1.29, 1.82) is 0 Å². The van der Waals surface area contributed by atoms with E-state index in [1.165, 1.54) is 30.6 Å². The Morgan fingerprint density at radius 2 is 2.05 bits per heavy atom. The van der Waals surface area contributed by atoms with Gasteiger partial charge in [0.25, 0.3) is 5.56 Å². The molecule has 0 bridgehead atoms. The molecular weight excluding hydrogens is 288 g/mol. The van der Waals surface area contributed by atoms with E-state index < -0.39 is 0 Å². The Bertz CT molecular complexity index is 683. The van der Waals surface area contributed by atoms with Gasteiger partial charge in [0.2, 0.25) is 0 Å². The molecule has 1 fully saturated rings. The predicted molar refractivity (Wildman–Crippen MR) is 88.0 cm³/mol. The summed E-state index contributed by atoms with van der Waals surface area (Å²) in [5, 5.41) is 1.77. The second-order valence-electron chi connectivity index (χ2n) is 5.60. The van der Waals surface area contributed by atoms with Crippen LogP contribution in [0.5, 0.6) is 0 Å². The molecule has 1 atom stereocenters. The lowest BCUT2D eigenvalue weighted by atomic mass is 10.2. The first-order chi connectivity index (χ1) is 9.56. The summed E-state index contributed by atoms with van der Waals surface area (Å²) >= 11 is 3.59. The quantitative estimate of drug-likeness (QED) is 0.917. The van der Waals surface area contributed by atoms with Crippen LogP contribution < -0.4 is 5.56 Å². The topological polar surface area (TPSA) is 45.8 Å². The maximum atomic E-state index is 12.3. The van der Waals surface area contributed by atoms with Crippen molar-refractivity contribution in [2.75, 3.05) is 0 Å². The third kappa shape index (κ3) is 2.53.